The Labute approximate surface area is 161 Å². The van der Waals surface area contributed by atoms with Crippen LogP contribution in [0.1, 0.15) is 34.1 Å². The fourth-order valence-corrected chi connectivity index (χ4v) is 2.87. The Morgan fingerprint density at radius 3 is 2.40 bits per heavy atom. The van der Waals surface area contributed by atoms with E-state index in [0.29, 0.717) is 36.6 Å². The zero-order valence-electron chi connectivity index (χ0n) is 14.0. The lowest BCUT2D eigenvalue weighted by Gasteiger charge is -2.12. The van der Waals surface area contributed by atoms with E-state index in [1.54, 1.807) is 30.3 Å². The van der Waals surface area contributed by atoms with E-state index in [9.17, 15) is 9.59 Å². The van der Waals surface area contributed by atoms with E-state index >= 15 is 0 Å². The van der Waals surface area contributed by atoms with Gasteiger partial charge in [0.2, 0.25) is 0 Å². The van der Waals surface area contributed by atoms with Crippen molar-refractivity contribution in [2.24, 2.45) is 0 Å². The summed E-state index contributed by atoms with van der Waals surface area (Å²) in [6.45, 7) is 3.74. The van der Waals surface area contributed by atoms with Crippen molar-refractivity contribution in [2.45, 2.75) is 13.3 Å². The molecule has 0 aromatic heterocycles. The first-order valence-electron chi connectivity index (χ1n) is 8.14. The third-order valence-electron chi connectivity index (χ3n) is 3.49. The Morgan fingerprint density at radius 2 is 1.68 bits per heavy atom. The number of anilines is 1. The molecule has 2 aromatic rings. The number of carbonyl (C=O) groups excluding carboxylic acids is 2. The predicted octanol–water partition coefficient (Wildman–Crippen LogP) is 3.70. The van der Waals surface area contributed by atoms with Gasteiger partial charge in [-0.05, 0) is 60.2 Å². The third-order valence-corrected chi connectivity index (χ3v) is 4.43. The Kier molecular flexibility index (Phi) is 7.87. The van der Waals surface area contributed by atoms with Gasteiger partial charge < -0.3 is 15.4 Å². The van der Waals surface area contributed by atoms with Crippen molar-refractivity contribution < 1.29 is 14.3 Å². The van der Waals surface area contributed by atoms with Gasteiger partial charge in [0.15, 0.2) is 0 Å². The van der Waals surface area contributed by atoms with Crippen LogP contribution in [0.25, 0.3) is 0 Å². The van der Waals surface area contributed by atoms with Crippen molar-refractivity contribution in [1.29, 1.82) is 0 Å². The van der Waals surface area contributed by atoms with Gasteiger partial charge in [-0.1, -0.05) is 24.3 Å². The van der Waals surface area contributed by atoms with Gasteiger partial charge in [0.1, 0.15) is 0 Å². The number of halogens is 1. The summed E-state index contributed by atoms with van der Waals surface area (Å²) >= 11 is 2.12. The van der Waals surface area contributed by atoms with E-state index < -0.39 is 0 Å². The van der Waals surface area contributed by atoms with Crippen LogP contribution in [0.15, 0.2) is 48.5 Å². The fraction of sp³-hybridized carbons (Fsp3) is 0.263. The highest BCUT2D eigenvalue weighted by Gasteiger charge is 2.15. The van der Waals surface area contributed by atoms with Gasteiger partial charge in [0, 0.05) is 23.3 Å². The topological polar surface area (TPSA) is 67.4 Å². The molecule has 0 atom stereocenters. The third kappa shape index (κ3) is 5.82. The molecule has 25 heavy (non-hydrogen) atoms. The minimum atomic E-state index is -0.235. The molecule has 132 valence electrons. The van der Waals surface area contributed by atoms with Crippen LogP contribution < -0.4 is 10.6 Å². The van der Waals surface area contributed by atoms with Gasteiger partial charge in [-0.3, -0.25) is 9.59 Å². The standard InChI is InChI=1S/C19H21IN2O3/c1-2-25-13-7-12-21-18(23)15-9-4-6-11-17(15)22-19(24)14-8-3-5-10-16(14)20/h3-6,8-11H,2,7,12-13H2,1H3,(H,21,23)(H,22,24). The maximum Gasteiger partial charge on any atom is 0.256 e. The number of para-hydroxylation sites is 1. The van der Waals surface area contributed by atoms with Gasteiger partial charge in [-0.2, -0.15) is 0 Å². The maximum absolute atomic E-state index is 12.5. The van der Waals surface area contributed by atoms with E-state index in [0.717, 1.165) is 9.99 Å². The van der Waals surface area contributed by atoms with Crippen LogP contribution in [0.4, 0.5) is 5.69 Å². The van der Waals surface area contributed by atoms with Crippen LogP contribution in [0.2, 0.25) is 0 Å². The molecule has 2 rings (SSSR count). The van der Waals surface area contributed by atoms with E-state index in [1.807, 2.05) is 25.1 Å². The van der Waals surface area contributed by atoms with Gasteiger partial charge >= 0.3 is 0 Å². The first-order chi connectivity index (χ1) is 12.1. The summed E-state index contributed by atoms with van der Waals surface area (Å²) in [7, 11) is 0. The summed E-state index contributed by atoms with van der Waals surface area (Å²) < 4.78 is 6.11. The monoisotopic (exact) mass is 452 g/mol. The second-order valence-corrected chi connectivity index (χ2v) is 6.45. The van der Waals surface area contributed by atoms with Crippen LogP contribution in [-0.4, -0.2) is 31.6 Å². The molecular weight excluding hydrogens is 431 g/mol. The number of rotatable bonds is 8. The van der Waals surface area contributed by atoms with Crippen molar-refractivity contribution in [3.05, 3.63) is 63.2 Å². The number of benzene rings is 2. The highest BCUT2D eigenvalue weighted by atomic mass is 127. The van der Waals surface area contributed by atoms with Crippen molar-refractivity contribution in [3.8, 4) is 0 Å². The molecule has 0 radical (unpaired) electrons. The zero-order chi connectivity index (χ0) is 18.1. The zero-order valence-corrected chi connectivity index (χ0v) is 16.2. The molecule has 0 heterocycles. The molecule has 5 nitrogen and oxygen atoms in total. The predicted molar refractivity (Wildman–Crippen MR) is 107 cm³/mol. The van der Waals surface area contributed by atoms with Crippen molar-refractivity contribution >= 4 is 40.1 Å². The first-order valence-corrected chi connectivity index (χ1v) is 9.22. The molecule has 0 aliphatic carbocycles. The summed E-state index contributed by atoms with van der Waals surface area (Å²) in [5.41, 5.74) is 1.52. The smallest absolute Gasteiger partial charge is 0.256 e. The minimum absolute atomic E-state index is 0.213. The Hall–Kier alpha value is -1.93. The van der Waals surface area contributed by atoms with E-state index in [2.05, 4.69) is 33.2 Å². The van der Waals surface area contributed by atoms with E-state index in [-0.39, 0.29) is 11.8 Å². The molecule has 0 aliphatic rings. The molecule has 0 saturated heterocycles. The number of amides is 2. The lowest BCUT2D eigenvalue weighted by molar-refractivity contribution is 0.0945. The van der Waals surface area contributed by atoms with Crippen LogP contribution in [0.3, 0.4) is 0 Å². The second-order valence-electron chi connectivity index (χ2n) is 5.29. The lowest BCUT2D eigenvalue weighted by atomic mass is 10.1. The summed E-state index contributed by atoms with van der Waals surface area (Å²) in [6.07, 6.45) is 0.746. The molecule has 0 unspecified atom stereocenters. The average Bonchev–Trinajstić information content (AvgIpc) is 2.62. The highest BCUT2D eigenvalue weighted by molar-refractivity contribution is 14.1. The molecule has 2 aromatic carbocycles. The maximum atomic E-state index is 12.5. The molecule has 0 aliphatic heterocycles. The van der Waals surface area contributed by atoms with Gasteiger partial charge in [-0.25, -0.2) is 0 Å². The molecule has 2 N–H and O–H groups in total. The quantitative estimate of drug-likeness (QED) is 0.474. The SMILES string of the molecule is CCOCCCNC(=O)c1ccccc1NC(=O)c1ccccc1I. The lowest BCUT2D eigenvalue weighted by Crippen LogP contribution is -2.27. The Balaban J connectivity index is 2.03. The van der Waals surface area contributed by atoms with E-state index in [4.69, 9.17) is 4.74 Å². The number of ether oxygens (including phenoxy) is 1. The number of hydrogen-bond donors (Lipinski definition) is 2. The molecule has 6 heteroatoms. The van der Waals surface area contributed by atoms with Crippen LogP contribution >= 0.6 is 22.6 Å². The van der Waals surface area contributed by atoms with E-state index in [1.165, 1.54) is 0 Å². The average molecular weight is 452 g/mol. The fourth-order valence-electron chi connectivity index (χ4n) is 2.24. The Bertz CT molecular complexity index is 734. The largest absolute Gasteiger partial charge is 0.382 e. The molecule has 2 amide bonds. The summed E-state index contributed by atoms with van der Waals surface area (Å²) in [5, 5.41) is 5.68. The molecular formula is C19H21IN2O3. The van der Waals surface area contributed by atoms with Crippen LogP contribution in [0.5, 0.6) is 0 Å². The van der Waals surface area contributed by atoms with Gasteiger partial charge in [0.05, 0.1) is 16.8 Å². The number of hydrogen-bond acceptors (Lipinski definition) is 3. The van der Waals surface area contributed by atoms with Crippen molar-refractivity contribution in [2.75, 3.05) is 25.1 Å². The molecule has 0 spiro atoms. The molecule has 0 fully saturated rings. The van der Waals surface area contributed by atoms with Gasteiger partial charge in [-0.15, -0.1) is 0 Å². The molecule has 0 saturated carbocycles. The number of nitrogens with one attached hydrogen (secondary N) is 2. The minimum Gasteiger partial charge on any atom is -0.382 e. The van der Waals surface area contributed by atoms with Crippen molar-refractivity contribution in [3.63, 3.8) is 0 Å². The Morgan fingerprint density at radius 1 is 1.00 bits per heavy atom. The molecule has 0 bridgehead atoms. The summed E-state index contributed by atoms with van der Waals surface area (Å²) in [4.78, 5) is 24.9. The second kappa shape index (κ2) is 10.1. The summed E-state index contributed by atoms with van der Waals surface area (Å²) in [6, 6.07) is 14.3. The van der Waals surface area contributed by atoms with Crippen LogP contribution in [0, 0.1) is 3.57 Å². The van der Waals surface area contributed by atoms with Crippen molar-refractivity contribution in [1.82, 2.24) is 5.32 Å². The first kappa shape index (κ1) is 19.4. The normalized spacial score (nSPS) is 10.3. The van der Waals surface area contributed by atoms with Crippen LogP contribution in [-0.2, 0) is 4.74 Å². The number of carbonyl (C=O) groups is 2. The highest BCUT2D eigenvalue weighted by Crippen LogP contribution is 2.18. The van der Waals surface area contributed by atoms with Gasteiger partial charge in [0.25, 0.3) is 11.8 Å². The summed E-state index contributed by atoms with van der Waals surface area (Å²) in [5.74, 6) is -0.447.